The summed E-state index contributed by atoms with van der Waals surface area (Å²) >= 11 is 1.76. The summed E-state index contributed by atoms with van der Waals surface area (Å²) in [6, 6.07) is 8.29. The predicted octanol–water partition coefficient (Wildman–Crippen LogP) is 4.02. The number of ether oxygens (including phenoxy) is 1. The Bertz CT molecular complexity index is 682. The summed E-state index contributed by atoms with van der Waals surface area (Å²) < 4.78 is 7.66. The summed E-state index contributed by atoms with van der Waals surface area (Å²) in [4.78, 5) is 6.80. The first-order chi connectivity index (χ1) is 9.33. The molecule has 0 radical (unpaired) electrons. The summed E-state index contributed by atoms with van der Waals surface area (Å²) in [5.74, 6) is 0.918. The molecule has 2 heterocycles. The van der Waals surface area contributed by atoms with Gasteiger partial charge in [0, 0.05) is 17.3 Å². The Labute approximate surface area is 116 Å². The van der Waals surface area contributed by atoms with Gasteiger partial charge in [-0.3, -0.25) is 4.40 Å². The van der Waals surface area contributed by atoms with Crippen LogP contribution in [0.1, 0.15) is 18.7 Å². The molecule has 3 aromatic rings. The van der Waals surface area contributed by atoms with Crippen molar-refractivity contribution in [2.24, 2.45) is 0 Å². The molecule has 4 heteroatoms. The van der Waals surface area contributed by atoms with Gasteiger partial charge < -0.3 is 4.74 Å². The molecule has 0 saturated heterocycles. The fraction of sp³-hybridized carbons (Fsp3) is 0.267. The third-order valence-corrected chi connectivity index (χ3v) is 4.30. The zero-order chi connectivity index (χ0) is 13.2. The molecule has 0 unspecified atom stereocenters. The van der Waals surface area contributed by atoms with E-state index >= 15 is 0 Å². The van der Waals surface area contributed by atoms with Crippen molar-refractivity contribution in [2.75, 3.05) is 6.61 Å². The highest BCUT2D eigenvalue weighted by atomic mass is 32.1. The van der Waals surface area contributed by atoms with Gasteiger partial charge in [0.1, 0.15) is 5.75 Å². The average molecular weight is 272 g/mol. The molecule has 0 aliphatic rings. The molecular weight excluding hydrogens is 256 g/mol. The zero-order valence-electron chi connectivity index (χ0n) is 11.1. The molecule has 0 N–H and O–H groups in total. The van der Waals surface area contributed by atoms with Crippen molar-refractivity contribution in [1.82, 2.24) is 9.38 Å². The van der Waals surface area contributed by atoms with Gasteiger partial charge in [0.25, 0.3) is 0 Å². The molecule has 0 amide bonds. The maximum absolute atomic E-state index is 5.49. The number of nitrogens with zero attached hydrogens (tertiary/aromatic N) is 2. The van der Waals surface area contributed by atoms with Gasteiger partial charge in [-0.1, -0.05) is 6.92 Å². The molecule has 1 aromatic carbocycles. The first kappa shape index (κ1) is 12.2. The van der Waals surface area contributed by atoms with E-state index in [1.807, 2.05) is 31.5 Å². The van der Waals surface area contributed by atoms with Gasteiger partial charge in [0.05, 0.1) is 12.3 Å². The zero-order valence-corrected chi connectivity index (χ0v) is 11.9. The van der Waals surface area contributed by atoms with E-state index < -0.39 is 0 Å². The highest BCUT2D eigenvalue weighted by molar-refractivity contribution is 7.17. The number of thiazole rings is 1. The second-order valence-corrected chi connectivity index (χ2v) is 5.33. The minimum atomic E-state index is 0.698. The van der Waals surface area contributed by atoms with E-state index in [2.05, 4.69) is 28.4 Å². The maximum atomic E-state index is 5.49. The summed E-state index contributed by atoms with van der Waals surface area (Å²) in [5.41, 5.74) is 2.47. The Morgan fingerprint density at radius 3 is 2.68 bits per heavy atom. The third-order valence-electron chi connectivity index (χ3n) is 3.09. The van der Waals surface area contributed by atoms with E-state index in [9.17, 15) is 0 Å². The highest BCUT2D eigenvalue weighted by Gasteiger charge is 2.13. The van der Waals surface area contributed by atoms with Crippen LogP contribution in [-0.2, 0) is 6.42 Å². The Kier molecular flexibility index (Phi) is 3.25. The molecule has 0 spiro atoms. The lowest BCUT2D eigenvalue weighted by Gasteiger charge is -2.06. The Morgan fingerprint density at radius 2 is 2.00 bits per heavy atom. The molecule has 0 saturated carbocycles. The van der Waals surface area contributed by atoms with E-state index in [0.717, 1.165) is 17.1 Å². The number of hydrogen-bond donors (Lipinski definition) is 0. The molecule has 98 valence electrons. The predicted molar refractivity (Wildman–Crippen MR) is 79.1 cm³/mol. The molecule has 0 fully saturated rings. The van der Waals surface area contributed by atoms with Crippen molar-refractivity contribution in [3.63, 3.8) is 0 Å². The van der Waals surface area contributed by atoms with Gasteiger partial charge in [-0.05, 0) is 43.2 Å². The molecule has 0 aliphatic carbocycles. The van der Waals surface area contributed by atoms with Crippen molar-refractivity contribution in [3.05, 3.63) is 41.5 Å². The number of imidazole rings is 1. The number of aromatic nitrogens is 2. The van der Waals surface area contributed by atoms with Crippen molar-refractivity contribution >= 4 is 16.3 Å². The quantitative estimate of drug-likeness (QED) is 0.717. The van der Waals surface area contributed by atoms with Crippen molar-refractivity contribution in [2.45, 2.75) is 20.3 Å². The molecule has 19 heavy (non-hydrogen) atoms. The van der Waals surface area contributed by atoms with Gasteiger partial charge in [-0.25, -0.2) is 4.98 Å². The number of hydrogen-bond acceptors (Lipinski definition) is 3. The van der Waals surface area contributed by atoms with Gasteiger partial charge in [-0.15, -0.1) is 11.3 Å². The lowest BCUT2D eigenvalue weighted by atomic mass is 10.1. The normalized spacial score (nSPS) is 11.1. The molecule has 0 bridgehead atoms. The van der Waals surface area contributed by atoms with Gasteiger partial charge in [-0.2, -0.15) is 0 Å². The SMILES string of the molecule is CCOc1ccc(-c2c(CC)sc3nccn23)cc1. The lowest BCUT2D eigenvalue weighted by molar-refractivity contribution is 0.340. The van der Waals surface area contributed by atoms with Crippen molar-refractivity contribution in [1.29, 1.82) is 0 Å². The molecule has 0 aliphatic heterocycles. The largest absolute Gasteiger partial charge is 0.494 e. The van der Waals surface area contributed by atoms with Crippen LogP contribution >= 0.6 is 11.3 Å². The standard InChI is InChI=1S/C15H16N2OS/c1-3-13-14(17-10-9-16-15(17)19-13)11-5-7-12(8-6-11)18-4-2/h5-10H,3-4H2,1-2H3. The fourth-order valence-electron chi connectivity index (χ4n) is 2.24. The van der Waals surface area contributed by atoms with Crippen LogP contribution in [-0.4, -0.2) is 16.0 Å². The Hall–Kier alpha value is -1.81. The third kappa shape index (κ3) is 2.12. The van der Waals surface area contributed by atoms with Crippen LogP contribution in [0.3, 0.4) is 0 Å². The second kappa shape index (κ2) is 5.05. The first-order valence-corrected chi connectivity index (χ1v) is 7.33. The van der Waals surface area contributed by atoms with E-state index in [-0.39, 0.29) is 0 Å². The molecule has 0 atom stereocenters. The fourth-order valence-corrected chi connectivity index (χ4v) is 3.29. The van der Waals surface area contributed by atoms with Crippen LogP contribution in [0.25, 0.3) is 16.2 Å². The van der Waals surface area contributed by atoms with Crippen LogP contribution in [0, 0.1) is 0 Å². The summed E-state index contributed by atoms with van der Waals surface area (Å²) in [6.45, 7) is 4.88. The molecule has 3 rings (SSSR count). The first-order valence-electron chi connectivity index (χ1n) is 6.51. The van der Waals surface area contributed by atoms with E-state index in [1.54, 1.807) is 11.3 Å². The maximum Gasteiger partial charge on any atom is 0.194 e. The van der Waals surface area contributed by atoms with Crippen LogP contribution in [0.4, 0.5) is 0 Å². The van der Waals surface area contributed by atoms with Gasteiger partial charge in [0.2, 0.25) is 0 Å². The second-order valence-electron chi connectivity index (χ2n) is 4.26. The van der Waals surface area contributed by atoms with Crippen molar-refractivity contribution < 1.29 is 4.74 Å². The van der Waals surface area contributed by atoms with Crippen LogP contribution < -0.4 is 4.74 Å². The summed E-state index contributed by atoms with van der Waals surface area (Å²) in [6.07, 6.45) is 4.90. The number of benzene rings is 1. The summed E-state index contributed by atoms with van der Waals surface area (Å²) in [7, 11) is 0. The van der Waals surface area contributed by atoms with Crippen LogP contribution in [0.2, 0.25) is 0 Å². The van der Waals surface area contributed by atoms with E-state index in [1.165, 1.54) is 16.1 Å². The Balaban J connectivity index is 2.09. The number of aryl methyl sites for hydroxylation is 1. The number of fused-ring (bicyclic) bond motifs is 1. The average Bonchev–Trinajstić information content (AvgIpc) is 3.00. The highest BCUT2D eigenvalue weighted by Crippen LogP contribution is 2.32. The minimum Gasteiger partial charge on any atom is -0.494 e. The summed E-state index contributed by atoms with van der Waals surface area (Å²) in [5, 5.41) is 0. The van der Waals surface area contributed by atoms with Gasteiger partial charge in [0.15, 0.2) is 4.96 Å². The van der Waals surface area contributed by atoms with Crippen molar-refractivity contribution in [3.8, 4) is 17.0 Å². The Morgan fingerprint density at radius 1 is 1.21 bits per heavy atom. The number of rotatable bonds is 4. The molecule has 3 nitrogen and oxygen atoms in total. The van der Waals surface area contributed by atoms with E-state index in [4.69, 9.17) is 4.74 Å². The lowest BCUT2D eigenvalue weighted by Crippen LogP contribution is -1.92. The molecule has 2 aromatic heterocycles. The minimum absolute atomic E-state index is 0.698. The van der Waals surface area contributed by atoms with Crippen LogP contribution in [0.15, 0.2) is 36.7 Å². The smallest absolute Gasteiger partial charge is 0.194 e. The van der Waals surface area contributed by atoms with E-state index in [0.29, 0.717) is 6.61 Å². The van der Waals surface area contributed by atoms with Crippen LogP contribution in [0.5, 0.6) is 5.75 Å². The van der Waals surface area contributed by atoms with Gasteiger partial charge >= 0.3 is 0 Å². The monoisotopic (exact) mass is 272 g/mol. The molecular formula is C15H16N2OS. The topological polar surface area (TPSA) is 26.5 Å².